The molecule has 0 fully saturated rings. The Hall–Kier alpha value is -5.70. The number of hydrogen-bond donors (Lipinski definition) is 2. The third-order valence-corrected chi connectivity index (χ3v) is 6.27. The van der Waals surface area contributed by atoms with Crippen LogP contribution in [0.3, 0.4) is 0 Å². The highest BCUT2D eigenvalue weighted by Crippen LogP contribution is 2.17. The largest absolute Gasteiger partial charge is 0.465 e. The number of hydrazone groups is 1. The van der Waals surface area contributed by atoms with Gasteiger partial charge in [0.2, 0.25) is 0 Å². The summed E-state index contributed by atoms with van der Waals surface area (Å²) in [5, 5.41) is 6.74. The fourth-order valence-corrected chi connectivity index (χ4v) is 4.01. The van der Waals surface area contributed by atoms with Crippen LogP contribution in [0.5, 0.6) is 5.75 Å². The average Bonchev–Trinajstić information content (AvgIpc) is 3.56. The van der Waals surface area contributed by atoms with E-state index in [1.807, 2.05) is 30.3 Å². The molecule has 4 aromatic rings. The summed E-state index contributed by atoms with van der Waals surface area (Å²) in [6.07, 6.45) is 7.33. The van der Waals surface area contributed by atoms with Gasteiger partial charge in [0, 0.05) is 30.4 Å². The summed E-state index contributed by atoms with van der Waals surface area (Å²) in [7, 11) is 0. The quantitative estimate of drug-likeness (QED) is 0.0739. The number of nitrogens with one attached hydrogen (secondary N) is 2. The van der Waals surface area contributed by atoms with Gasteiger partial charge in [-0.1, -0.05) is 30.3 Å². The highest BCUT2D eigenvalue weighted by molar-refractivity contribution is 6.05. The minimum Gasteiger partial charge on any atom is -0.465 e. The molecule has 0 saturated heterocycles. The standard InChI is InChI=1S/C34H32N4O5/c1-3-38(4-2)28-16-12-25(13-17-28)23-31(36-33(40)27-9-6-5-7-10-27)34(41)37-35-24-26-14-18-30(19-15-26)43-32(39)21-20-29-11-8-22-42-29/h5-24H,3-4H2,1-2H3,(H,36,40)(H,37,41)/b21-20+,31-23+,35-24+. The van der Waals surface area contributed by atoms with Crippen LogP contribution in [0.1, 0.15) is 41.1 Å². The van der Waals surface area contributed by atoms with E-state index in [2.05, 4.69) is 34.6 Å². The van der Waals surface area contributed by atoms with Crippen LogP contribution in [0, 0.1) is 0 Å². The zero-order chi connectivity index (χ0) is 30.4. The van der Waals surface area contributed by atoms with Crippen molar-refractivity contribution >= 4 is 41.8 Å². The normalized spacial score (nSPS) is 11.4. The van der Waals surface area contributed by atoms with Crippen molar-refractivity contribution in [1.82, 2.24) is 10.7 Å². The van der Waals surface area contributed by atoms with Crippen molar-refractivity contribution in [2.45, 2.75) is 13.8 Å². The Bertz CT molecular complexity index is 1590. The zero-order valence-electron chi connectivity index (χ0n) is 23.9. The van der Waals surface area contributed by atoms with Crippen LogP contribution >= 0.6 is 0 Å². The number of carbonyl (C=O) groups excluding carboxylic acids is 3. The number of furan rings is 1. The number of rotatable bonds is 12. The van der Waals surface area contributed by atoms with Crippen LogP contribution in [0.15, 0.2) is 119 Å². The first-order valence-corrected chi connectivity index (χ1v) is 13.7. The molecule has 9 heteroatoms. The Morgan fingerprint density at radius 1 is 0.860 bits per heavy atom. The van der Waals surface area contributed by atoms with Crippen molar-refractivity contribution in [3.63, 3.8) is 0 Å². The molecular formula is C34H32N4O5. The number of benzene rings is 3. The van der Waals surface area contributed by atoms with E-state index in [9.17, 15) is 14.4 Å². The summed E-state index contributed by atoms with van der Waals surface area (Å²) < 4.78 is 10.4. The first kappa shape index (κ1) is 30.3. The molecule has 1 aromatic heterocycles. The van der Waals surface area contributed by atoms with Crippen LogP contribution in [-0.2, 0) is 9.59 Å². The average molecular weight is 577 g/mol. The van der Waals surface area contributed by atoms with Gasteiger partial charge in [-0.05, 0) is 97.8 Å². The molecule has 43 heavy (non-hydrogen) atoms. The van der Waals surface area contributed by atoms with Crippen LogP contribution in [0.4, 0.5) is 5.69 Å². The van der Waals surface area contributed by atoms with E-state index in [0.29, 0.717) is 22.6 Å². The smallest absolute Gasteiger partial charge is 0.336 e. The van der Waals surface area contributed by atoms with Crippen LogP contribution in [0.25, 0.3) is 12.2 Å². The minimum atomic E-state index is -0.595. The Morgan fingerprint density at radius 2 is 1.56 bits per heavy atom. The first-order valence-electron chi connectivity index (χ1n) is 13.7. The third kappa shape index (κ3) is 9.15. The Kier molecular flexibility index (Phi) is 10.8. The molecule has 4 rings (SSSR count). The van der Waals surface area contributed by atoms with Crippen molar-refractivity contribution in [3.05, 3.63) is 131 Å². The SMILES string of the molecule is CCN(CC)c1ccc(/C=C(/NC(=O)c2ccccc2)C(=O)N/N=C/c2ccc(OC(=O)/C=C/c3ccco3)cc2)cc1. The van der Waals surface area contributed by atoms with E-state index in [4.69, 9.17) is 9.15 Å². The zero-order valence-corrected chi connectivity index (χ0v) is 23.9. The van der Waals surface area contributed by atoms with Gasteiger partial charge in [0.1, 0.15) is 17.2 Å². The van der Waals surface area contributed by atoms with Crippen molar-refractivity contribution in [3.8, 4) is 5.75 Å². The van der Waals surface area contributed by atoms with Crippen molar-refractivity contribution < 1.29 is 23.5 Å². The van der Waals surface area contributed by atoms with Crippen molar-refractivity contribution in [2.75, 3.05) is 18.0 Å². The molecular weight excluding hydrogens is 544 g/mol. The van der Waals surface area contributed by atoms with Gasteiger partial charge in [-0.3, -0.25) is 9.59 Å². The number of amides is 2. The molecule has 0 spiro atoms. The molecule has 1 heterocycles. The van der Waals surface area contributed by atoms with Crippen molar-refractivity contribution in [2.24, 2.45) is 5.10 Å². The number of carbonyl (C=O) groups is 3. The maximum Gasteiger partial charge on any atom is 0.336 e. The van der Waals surface area contributed by atoms with E-state index in [1.54, 1.807) is 66.7 Å². The second-order valence-corrected chi connectivity index (χ2v) is 9.18. The van der Waals surface area contributed by atoms with E-state index in [1.165, 1.54) is 24.6 Å². The third-order valence-electron chi connectivity index (χ3n) is 6.27. The molecule has 2 amide bonds. The Balaban J connectivity index is 1.42. The maximum absolute atomic E-state index is 13.1. The van der Waals surface area contributed by atoms with Gasteiger partial charge < -0.3 is 19.4 Å². The topological polar surface area (TPSA) is 113 Å². The monoisotopic (exact) mass is 576 g/mol. The molecule has 0 aliphatic rings. The van der Waals surface area contributed by atoms with Gasteiger partial charge in [0.05, 0.1) is 12.5 Å². The van der Waals surface area contributed by atoms with Crippen LogP contribution in [0.2, 0.25) is 0 Å². The lowest BCUT2D eigenvalue weighted by Gasteiger charge is -2.20. The highest BCUT2D eigenvalue weighted by Gasteiger charge is 2.14. The molecule has 0 atom stereocenters. The second kappa shape index (κ2) is 15.3. The summed E-state index contributed by atoms with van der Waals surface area (Å²) in [5.74, 6) is -0.686. The van der Waals surface area contributed by atoms with Crippen LogP contribution in [-0.4, -0.2) is 37.1 Å². The molecule has 0 aliphatic carbocycles. The number of hydrogen-bond acceptors (Lipinski definition) is 7. The number of esters is 1. The van der Waals surface area contributed by atoms with Gasteiger partial charge in [-0.2, -0.15) is 5.10 Å². The lowest BCUT2D eigenvalue weighted by atomic mass is 10.1. The molecule has 0 saturated carbocycles. The number of anilines is 1. The van der Waals surface area contributed by atoms with E-state index < -0.39 is 17.8 Å². The molecule has 2 N–H and O–H groups in total. The lowest BCUT2D eigenvalue weighted by Crippen LogP contribution is -2.32. The summed E-state index contributed by atoms with van der Waals surface area (Å²) in [5.41, 5.74) is 5.37. The molecule has 218 valence electrons. The fourth-order valence-electron chi connectivity index (χ4n) is 4.01. The van der Waals surface area contributed by atoms with E-state index in [-0.39, 0.29) is 5.70 Å². The lowest BCUT2D eigenvalue weighted by molar-refractivity contribution is -0.129. The van der Waals surface area contributed by atoms with Gasteiger partial charge >= 0.3 is 5.97 Å². The summed E-state index contributed by atoms with van der Waals surface area (Å²) in [4.78, 5) is 40.2. The number of nitrogens with zero attached hydrogens (tertiary/aromatic N) is 2. The number of ether oxygens (including phenoxy) is 1. The van der Waals surface area contributed by atoms with Gasteiger partial charge in [0.25, 0.3) is 11.8 Å². The van der Waals surface area contributed by atoms with Gasteiger partial charge in [-0.25, -0.2) is 10.2 Å². The molecule has 0 radical (unpaired) electrons. The molecule has 0 unspecified atom stereocenters. The minimum absolute atomic E-state index is 0.0338. The van der Waals surface area contributed by atoms with Gasteiger partial charge in [-0.15, -0.1) is 0 Å². The van der Waals surface area contributed by atoms with Crippen molar-refractivity contribution in [1.29, 1.82) is 0 Å². The molecule has 0 bridgehead atoms. The molecule has 3 aromatic carbocycles. The summed E-state index contributed by atoms with van der Waals surface area (Å²) in [6.45, 7) is 5.93. The van der Waals surface area contributed by atoms with Gasteiger partial charge in [0.15, 0.2) is 0 Å². The highest BCUT2D eigenvalue weighted by atomic mass is 16.5. The van der Waals surface area contributed by atoms with E-state index >= 15 is 0 Å². The predicted molar refractivity (Wildman–Crippen MR) is 167 cm³/mol. The molecule has 0 aliphatic heterocycles. The summed E-state index contributed by atoms with van der Waals surface area (Å²) in [6, 6.07) is 26.4. The fraction of sp³-hybridized carbons (Fsp3) is 0.118. The second-order valence-electron chi connectivity index (χ2n) is 9.18. The first-order chi connectivity index (χ1) is 20.9. The van der Waals surface area contributed by atoms with Crippen LogP contribution < -0.4 is 20.4 Å². The Labute approximate surface area is 250 Å². The molecule has 9 nitrogen and oxygen atoms in total. The van der Waals surface area contributed by atoms with E-state index in [0.717, 1.165) is 24.3 Å². The summed E-state index contributed by atoms with van der Waals surface area (Å²) >= 11 is 0. The maximum atomic E-state index is 13.1. The Morgan fingerprint density at radius 3 is 2.21 bits per heavy atom. The predicted octanol–water partition coefficient (Wildman–Crippen LogP) is 5.67.